The van der Waals surface area contributed by atoms with Crippen LogP contribution >= 0.6 is 0 Å². The van der Waals surface area contributed by atoms with Crippen LogP contribution in [-0.2, 0) is 16.6 Å². The molecule has 1 atom stereocenters. The minimum Gasteiger partial charge on any atom is -0.484 e. The van der Waals surface area contributed by atoms with E-state index in [1.807, 2.05) is 11.8 Å². The van der Waals surface area contributed by atoms with Gasteiger partial charge < -0.3 is 9.64 Å². The maximum Gasteiger partial charge on any atom is 0.422 e. The van der Waals surface area contributed by atoms with E-state index < -0.39 is 23.6 Å². The van der Waals surface area contributed by atoms with Crippen LogP contribution < -0.4 is 4.74 Å². The Morgan fingerprint density at radius 1 is 1.19 bits per heavy atom. The van der Waals surface area contributed by atoms with Gasteiger partial charge in [0, 0.05) is 24.3 Å². The summed E-state index contributed by atoms with van der Waals surface area (Å²) in [5.74, 6) is -0.102. The van der Waals surface area contributed by atoms with Crippen LogP contribution in [-0.4, -0.2) is 55.0 Å². The first kappa shape index (κ1) is 26.1. The molecule has 0 unspecified atom stereocenters. The van der Waals surface area contributed by atoms with Crippen LogP contribution in [0.4, 0.5) is 18.0 Å². The number of alkyl halides is 3. The number of carbonyl (C=O) groups excluding carboxylic acids is 1. The molecule has 3 aromatic rings. The zero-order chi connectivity index (χ0) is 25.9. The average molecular weight is 523 g/mol. The predicted molar refractivity (Wildman–Crippen MR) is 130 cm³/mol. The quantitative estimate of drug-likeness (QED) is 0.403. The summed E-state index contributed by atoms with van der Waals surface area (Å²) in [6.07, 6.45) is 1.99. The largest absolute Gasteiger partial charge is 0.484 e. The second-order valence-electron chi connectivity index (χ2n) is 8.85. The second-order valence-corrected chi connectivity index (χ2v) is 10.2. The average Bonchev–Trinajstić information content (AvgIpc) is 3.25. The van der Waals surface area contributed by atoms with Gasteiger partial charge in [0.15, 0.2) is 6.61 Å². The van der Waals surface area contributed by atoms with E-state index in [1.165, 1.54) is 16.8 Å². The molecule has 194 valence electrons. The number of nitrogens with zero attached hydrogens (tertiary/aromatic N) is 4. The highest BCUT2D eigenvalue weighted by Gasteiger charge is 2.31. The molecule has 11 heteroatoms. The number of carbonyl (C=O) groups is 1. The van der Waals surface area contributed by atoms with E-state index in [-0.39, 0.29) is 28.7 Å². The van der Waals surface area contributed by atoms with Crippen LogP contribution in [0.3, 0.4) is 0 Å². The lowest BCUT2D eigenvalue weighted by atomic mass is 9.94. The molecular formula is C25H29F3N4O3S. The van der Waals surface area contributed by atoms with Crippen molar-refractivity contribution in [1.82, 2.24) is 19.4 Å². The summed E-state index contributed by atoms with van der Waals surface area (Å²) < 4.78 is 57.8. The van der Waals surface area contributed by atoms with Gasteiger partial charge in [-0.05, 0) is 44.9 Å². The Labute approximate surface area is 210 Å². The third kappa shape index (κ3) is 5.71. The van der Waals surface area contributed by atoms with Crippen LogP contribution in [0.15, 0.2) is 41.7 Å². The van der Waals surface area contributed by atoms with Crippen molar-refractivity contribution in [2.75, 3.05) is 13.2 Å². The molecule has 2 aromatic heterocycles. The number of hydrogen-bond acceptors (Lipinski definition) is 5. The van der Waals surface area contributed by atoms with E-state index in [0.717, 1.165) is 32.1 Å². The van der Waals surface area contributed by atoms with Gasteiger partial charge >= 0.3 is 12.2 Å². The van der Waals surface area contributed by atoms with Crippen LogP contribution in [0, 0.1) is 6.92 Å². The summed E-state index contributed by atoms with van der Waals surface area (Å²) in [4.78, 5) is 24.4. The van der Waals surface area contributed by atoms with Crippen LogP contribution in [0.2, 0.25) is 0 Å². The van der Waals surface area contributed by atoms with Crippen LogP contribution in [0.25, 0.3) is 11.0 Å². The molecule has 0 N–H and O–H groups in total. The fourth-order valence-electron chi connectivity index (χ4n) is 4.62. The number of halogens is 3. The summed E-state index contributed by atoms with van der Waals surface area (Å²) in [6.45, 7) is 2.59. The number of imidazole rings is 1. The third-order valence-electron chi connectivity index (χ3n) is 6.44. The Bertz CT molecular complexity index is 1260. The summed E-state index contributed by atoms with van der Waals surface area (Å²) in [5.41, 5.74) is 1.79. The van der Waals surface area contributed by atoms with Gasteiger partial charge in [-0.3, -0.25) is 9.19 Å². The SMILES string of the molecule is CCN(C(=O)n1c([S@](=O)Cc2nccc(OCC(F)(F)F)c2C)nc2ccccc21)C1CCCCC1. The number of para-hydroxylation sites is 2. The predicted octanol–water partition coefficient (Wildman–Crippen LogP) is 5.61. The summed E-state index contributed by atoms with van der Waals surface area (Å²) >= 11 is 0. The van der Waals surface area contributed by atoms with Gasteiger partial charge in [0.05, 0.1) is 33.3 Å². The van der Waals surface area contributed by atoms with Gasteiger partial charge in [0.25, 0.3) is 0 Å². The minimum atomic E-state index is -4.48. The number of hydrogen-bond donors (Lipinski definition) is 0. The Hall–Kier alpha value is -2.95. The molecule has 0 radical (unpaired) electrons. The number of amides is 1. The first-order valence-electron chi connectivity index (χ1n) is 12.0. The van der Waals surface area contributed by atoms with Crippen molar-refractivity contribution in [1.29, 1.82) is 0 Å². The monoisotopic (exact) mass is 522 g/mol. The van der Waals surface area contributed by atoms with E-state index in [2.05, 4.69) is 9.97 Å². The van der Waals surface area contributed by atoms with Crippen molar-refractivity contribution in [3.8, 4) is 5.75 Å². The zero-order valence-electron chi connectivity index (χ0n) is 20.3. The smallest absolute Gasteiger partial charge is 0.422 e. The number of ether oxygens (including phenoxy) is 1. The second kappa shape index (κ2) is 11.0. The molecule has 1 aliphatic carbocycles. The fraction of sp³-hybridized carbons (Fsp3) is 0.480. The van der Waals surface area contributed by atoms with Crippen LogP contribution in [0.1, 0.15) is 50.3 Å². The Morgan fingerprint density at radius 3 is 2.61 bits per heavy atom. The van der Waals surface area contributed by atoms with E-state index in [1.54, 1.807) is 31.2 Å². The molecule has 2 heterocycles. The molecule has 36 heavy (non-hydrogen) atoms. The van der Waals surface area contributed by atoms with E-state index >= 15 is 0 Å². The molecule has 7 nitrogen and oxygen atoms in total. The molecular weight excluding hydrogens is 493 g/mol. The lowest BCUT2D eigenvalue weighted by molar-refractivity contribution is -0.153. The number of pyridine rings is 1. The standard InChI is InChI=1S/C25H29F3N4O3S/c1-3-31(18-9-5-4-6-10-18)24(33)32-21-12-8-7-11-19(21)30-23(32)36(34)15-20-17(2)22(13-14-29-20)35-16-25(26,27)28/h7-8,11-14,18H,3-6,9-10,15-16H2,1-2H3/t36-/m1/s1. The Kier molecular flexibility index (Phi) is 7.97. The normalized spacial score (nSPS) is 15.7. The number of fused-ring (bicyclic) bond motifs is 1. The molecule has 1 aliphatic rings. The number of benzene rings is 1. The topological polar surface area (TPSA) is 77.3 Å². The summed E-state index contributed by atoms with van der Waals surface area (Å²) in [5, 5.41) is 0.0956. The molecule has 1 aromatic carbocycles. The maximum absolute atomic E-state index is 13.8. The molecule has 0 bridgehead atoms. The van der Waals surface area contributed by atoms with Gasteiger partial charge in [-0.25, -0.2) is 14.3 Å². The van der Waals surface area contributed by atoms with Gasteiger partial charge in [0.2, 0.25) is 5.16 Å². The number of rotatable bonds is 7. The molecule has 1 fully saturated rings. The van der Waals surface area contributed by atoms with Gasteiger partial charge in [-0.2, -0.15) is 13.2 Å². The van der Waals surface area contributed by atoms with Crippen LogP contribution in [0.5, 0.6) is 5.75 Å². The van der Waals surface area contributed by atoms with Crippen molar-refractivity contribution in [2.45, 2.75) is 69.1 Å². The third-order valence-corrected chi connectivity index (χ3v) is 7.66. The number of aromatic nitrogens is 3. The van der Waals surface area contributed by atoms with E-state index in [9.17, 15) is 22.2 Å². The van der Waals surface area contributed by atoms with E-state index in [0.29, 0.717) is 28.8 Å². The highest BCUT2D eigenvalue weighted by molar-refractivity contribution is 7.84. The van der Waals surface area contributed by atoms with Crippen molar-refractivity contribution >= 4 is 27.9 Å². The highest BCUT2D eigenvalue weighted by atomic mass is 32.2. The summed E-state index contributed by atoms with van der Waals surface area (Å²) in [7, 11) is -1.80. The Morgan fingerprint density at radius 2 is 1.92 bits per heavy atom. The molecule has 1 saturated carbocycles. The summed E-state index contributed by atoms with van der Waals surface area (Å²) in [6, 6.07) is 8.30. The van der Waals surface area contributed by atoms with E-state index in [4.69, 9.17) is 4.74 Å². The Balaban J connectivity index is 1.66. The zero-order valence-corrected chi connectivity index (χ0v) is 21.1. The lowest BCUT2D eigenvalue weighted by Gasteiger charge is -2.33. The maximum atomic E-state index is 13.8. The highest BCUT2D eigenvalue weighted by Crippen LogP contribution is 2.28. The fourth-order valence-corrected chi connectivity index (χ4v) is 5.87. The molecule has 0 spiro atoms. The van der Waals surface area contributed by atoms with Crippen molar-refractivity contribution in [2.24, 2.45) is 0 Å². The van der Waals surface area contributed by atoms with Gasteiger partial charge in [-0.15, -0.1) is 0 Å². The molecule has 0 saturated heterocycles. The molecule has 0 aliphatic heterocycles. The molecule has 1 amide bonds. The van der Waals surface area contributed by atoms with Gasteiger partial charge in [0.1, 0.15) is 5.75 Å². The first-order valence-corrected chi connectivity index (χ1v) is 13.3. The minimum absolute atomic E-state index is 0.0216. The van der Waals surface area contributed by atoms with Crippen molar-refractivity contribution in [3.05, 3.63) is 47.8 Å². The van der Waals surface area contributed by atoms with Crippen molar-refractivity contribution in [3.63, 3.8) is 0 Å². The van der Waals surface area contributed by atoms with Crippen molar-refractivity contribution < 1.29 is 26.9 Å². The van der Waals surface area contributed by atoms with Gasteiger partial charge in [-0.1, -0.05) is 31.4 Å². The first-order chi connectivity index (χ1) is 17.2. The lowest BCUT2D eigenvalue weighted by Crippen LogP contribution is -2.44. The molecule has 4 rings (SSSR count).